The minimum Gasteiger partial charge on any atom is -0.466 e. The van der Waals surface area contributed by atoms with E-state index in [-0.39, 0.29) is 24.0 Å². The van der Waals surface area contributed by atoms with E-state index >= 15 is 0 Å². The lowest BCUT2D eigenvalue weighted by Gasteiger charge is -2.30. The maximum absolute atomic E-state index is 13.0. The van der Waals surface area contributed by atoms with Crippen LogP contribution in [-0.4, -0.2) is 49.7 Å². The first-order chi connectivity index (χ1) is 12.0. The first-order valence-electron chi connectivity index (χ1n) is 8.20. The molecule has 0 aliphatic carbocycles. The van der Waals surface area contributed by atoms with E-state index in [1.807, 2.05) is 0 Å². The summed E-state index contributed by atoms with van der Waals surface area (Å²) in [7, 11) is -3.74. The number of esters is 1. The molecule has 1 aliphatic heterocycles. The molecule has 2 aromatic rings. The molecule has 134 valence electrons. The Morgan fingerprint density at radius 2 is 2.24 bits per heavy atom. The van der Waals surface area contributed by atoms with Gasteiger partial charge in [0.1, 0.15) is 0 Å². The number of ether oxygens (including phenoxy) is 1. The van der Waals surface area contributed by atoms with Crippen molar-refractivity contribution in [2.24, 2.45) is 5.92 Å². The highest BCUT2D eigenvalue weighted by molar-refractivity contribution is 7.89. The van der Waals surface area contributed by atoms with Gasteiger partial charge in [0.15, 0.2) is 6.29 Å². The molecular formula is C17H20N2O5S. The minimum atomic E-state index is -3.74. The molecule has 7 nitrogen and oxygen atoms in total. The molecule has 1 atom stereocenters. The molecule has 8 heteroatoms. The summed E-state index contributed by atoms with van der Waals surface area (Å²) in [6.07, 6.45) is 3.46. The van der Waals surface area contributed by atoms with Crippen LogP contribution in [0.5, 0.6) is 0 Å². The third-order valence-electron chi connectivity index (χ3n) is 4.45. The van der Waals surface area contributed by atoms with E-state index in [9.17, 15) is 18.0 Å². The van der Waals surface area contributed by atoms with Gasteiger partial charge in [-0.2, -0.15) is 4.31 Å². The van der Waals surface area contributed by atoms with Crippen molar-refractivity contribution in [1.82, 2.24) is 9.29 Å². The Labute approximate surface area is 146 Å². The molecule has 1 N–H and O–H groups in total. The molecule has 2 heterocycles. The predicted molar refractivity (Wildman–Crippen MR) is 91.8 cm³/mol. The van der Waals surface area contributed by atoms with Crippen molar-refractivity contribution in [3.05, 3.63) is 30.0 Å². The highest BCUT2D eigenvalue weighted by Gasteiger charge is 2.34. The average Bonchev–Trinajstić information content (AvgIpc) is 3.04. The van der Waals surface area contributed by atoms with Crippen LogP contribution < -0.4 is 0 Å². The van der Waals surface area contributed by atoms with Crippen molar-refractivity contribution >= 4 is 33.2 Å². The second-order valence-corrected chi connectivity index (χ2v) is 7.96. The van der Waals surface area contributed by atoms with E-state index in [1.54, 1.807) is 19.2 Å². The van der Waals surface area contributed by atoms with Crippen LogP contribution in [0.25, 0.3) is 10.9 Å². The third-order valence-corrected chi connectivity index (χ3v) is 6.32. The first kappa shape index (κ1) is 17.6. The Morgan fingerprint density at radius 3 is 2.96 bits per heavy atom. The number of hydrogen-bond acceptors (Lipinski definition) is 5. The fourth-order valence-electron chi connectivity index (χ4n) is 3.14. The van der Waals surface area contributed by atoms with Gasteiger partial charge in [0.05, 0.1) is 17.4 Å². The maximum Gasteiger partial charge on any atom is 0.310 e. The summed E-state index contributed by atoms with van der Waals surface area (Å²) in [5, 5.41) is 0.565. The standard InChI is InChI=1S/C17H20N2O5S/c1-2-24-17(21)12-4-3-7-19(10-12)25(22,23)14-5-6-16-15(8-14)13(11-20)9-18-16/h5-6,8-9,11-12,18H,2-4,7,10H2,1H3/t12-/m1/s1. The number of benzene rings is 1. The van der Waals surface area contributed by atoms with Crippen LogP contribution in [0.3, 0.4) is 0 Å². The molecule has 1 fully saturated rings. The largest absolute Gasteiger partial charge is 0.466 e. The molecule has 0 saturated carbocycles. The molecule has 1 aliphatic rings. The normalized spacial score (nSPS) is 19.0. The lowest BCUT2D eigenvalue weighted by atomic mass is 10.0. The number of sulfonamides is 1. The molecule has 0 radical (unpaired) electrons. The summed E-state index contributed by atoms with van der Waals surface area (Å²) < 4.78 is 32.3. The number of piperidine rings is 1. The monoisotopic (exact) mass is 364 g/mol. The summed E-state index contributed by atoms with van der Waals surface area (Å²) in [6, 6.07) is 4.65. The van der Waals surface area contributed by atoms with Gasteiger partial charge in [-0.05, 0) is 38.0 Å². The Kier molecular flexibility index (Phi) is 4.91. The van der Waals surface area contributed by atoms with Gasteiger partial charge < -0.3 is 9.72 Å². The van der Waals surface area contributed by atoms with Crippen molar-refractivity contribution in [2.45, 2.75) is 24.7 Å². The molecule has 3 rings (SSSR count). The molecule has 1 aromatic heterocycles. The van der Waals surface area contributed by atoms with Gasteiger partial charge >= 0.3 is 5.97 Å². The molecule has 0 amide bonds. The molecule has 25 heavy (non-hydrogen) atoms. The minimum absolute atomic E-state index is 0.118. The van der Waals surface area contributed by atoms with Crippen LogP contribution in [0.15, 0.2) is 29.3 Å². The van der Waals surface area contributed by atoms with Gasteiger partial charge in [0.25, 0.3) is 0 Å². The number of H-pyrrole nitrogens is 1. The van der Waals surface area contributed by atoms with Gasteiger partial charge in [-0.25, -0.2) is 8.42 Å². The van der Waals surface area contributed by atoms with Crippen LogP contribution in [0.1, 0.15) is 30.1 Å². The van der Waals surface area contributed by atoms with Gasteiger partial charge in [0, 0.05) is 35.8 Å². The molecule has 1 saturated heterocycles. The number of aromatic amines is 1. The summed E-state index contributed by atoms with van der Waals surface area (Å²) in [5.74, 6) is -0.795. The molecule has 0 bridgehead atoms. The van der Waals surface area contributed by atoms with E-state index in [0.29, 0.717) is 42.1 Å². The van der Waals surface area contributed by atoms with Gasteiger partial charge in [-0.3, -0.25) is 9.59 Å². The number of carbonyl (C=O) groups excluding carboxylic acids is 2. The molecule has 0 spiro atoms. The zero-order valence-electron chi connectivity index (χ0n) is 13.9. The van der Waals surface area contributed by atoms with Gasteiger partial charge in [-0.15, -0.1) is 0 Å². The van der Waals surface area contributed by atoms with Crippen LogP contribution in [-0.2, 0) is 19.6 Å². The second kappa shape index (κ2) is 6.97. The highest BCUT2D eigenvalue weighted by Crippen LogP contribution is 2.27. The number of nitrogens with one attached hydrogen (secondary N) is 1. The number of fused-ring (bicyclic) bond motifs is 1. The Bertz CT molecular complexity index is 903. The SMILES string of the molecule is CCOC(=O)[C@@H]1CCCN(S(=O)(=O)c2ccc3[nH]cc(C=O)c3c2)C1. The van der Waals surface area contributed by atoms with E-state index in [4.69, 9.17) is 4.74 Å². The first-order valence-corrected chi connectivity index (χ1v) is 9.64. The van der Waals surface area contributed by atoms with Crippen molar-refractivity contribution < 1.29 is 22.7 Å². The Morgan fingerprint density at radius 1 is 1.44 bits per heavy atom. The van der Waals surface area contributed by atoms with Crippen LogP contribution >= 0.6 is 0 Å². The summed E-state index contributed by atoms with van der Waals surface area (Å²) >= 11 is 0. The lowest BCUT2D eigenvalue weighted by Crippen LogP contribution is -2.42. The lowest BCUT2D eigenvalue weighted by molar-refractivity contribution is -0.149. The van der Waals surface area contributed by atoms with E-state index < -0.39 is 15.9 Å². The summed E-state index contributed by atoms with van der Waals surface area (Å²) in [5.41, 5.74) is 1.11. The predicted octanol–water partition coefficient (Wildman–Crippen LogP) is 1.94. The summed E-state index contributed by atoms with van der Waals surface area (Å²) in [6.45, 7) is 2.49. The Hall–Kier alpha value is -2.19. The van der Waals surface area contributed by atoms with Crippen LogP contribution in [0.2, 0.25) is 0 Å². The van der Waals surface area contributed by atoms with Crippen molar-refractivity contribution in [3.8, 4) is 0 Å². The van der Waals surface area contributed by atoms with E-state index in [0.717, 1.165) is 0 Å². The second-order valence-electron chi connectivity index (χ2n) is 6.02. The maximum atomic E-state index is 13.0. The molecular weight excluding hydrogens is 344 g/mol. The van der Waals surface area contributed by atoms with Gasteiger partial charge in [-0.1, -0.05) is 0 Å². The number of aldehydes is 1. The highest BCUT2D eigenvalue weighted by atomic mass is 32.2. The molecule has 0 unspecified atom stereocenters. The fraction of sp³-hybridized carbons (Fsp3) is 0.412. The zero-order valence-corrected chi connectivity index (χ0v) is 14.7. The van der Waals surface area contributed by atoms with Crippen LogP contribution in [0.4, 0.5) is 0 Å². The van der Waals surface area contributed by atoms with Crippen molar-refractivity contribution in [2.75, 3.05) is 19.7 Å². The Balaban J connectivity index is 1.90. The van der Waals surface area contributed by atoms with Crippen molar-refractivity contribution in [3.63, 3.8) is 0 Å². The smallest absolute Gasteiger partial charge is 0.310 e. The topological polar surface area (TPSA) is 96.5 Å². The van der Waals surface area contributed by atoms with Crippen molar-refractivity contribution in [1.29, 1.82) is 0 Å². The number of carbonyl (C=O) groups is 2. The number of hydrogen-bond donors (Lipinski definition) is 1. The average molecular weight is 364 g/mol. The number of rotatable bonds is 5. The quantitative estimate of drug-likeness (QED) is 0.646. The third kappa shape index (κ3) is 3.32. The number of nitrogens with zero attached hydrogens (tertiary/aromatic N) is 1. The van der Waals surface area contributed by atoms with E-state index in [2.05, 4.69) is 4.98 Å². The van der Waals surface area contributed by atoms with Gasteiger partial charge in [0.2, 0.25) is 10.0 Å². The zero-order chi connectivity index (χ0) is 18.0. The fourth-order valence-corrected chi connectivity index (χ4v) is 4.69. The summed E-state index contributed by atoms with van der Waals surface area (Å²) in [4.78, 5) is 26.1. The molecule has 1 aromatic carbocycles. The van der Waals surface area contributed by atoms with E-state index in [1.165, 1.54) is 16.4 Å². The number of aromatic nitrogens is 1. The van der Waals surface area contributed by atoms with Crippen LogP contribution in [0, 0.1) is 5.92 Å².